The number of amides is 1. The molecule has 1 fully saturated rings. The van der Waals surface area contributed by atoms with Crippen LogP contribution in [0.2, 0.25) is 0 Å². The van der Waals surface area contributed by atoms with Crippen LogP contribution in [0.5, 0.6) is 0 Å². The summed E-state index contributed by atoms with van der Waals surface area (Å²) in [6.45, 7) is 2.01. The summed E-state index contributed by atoms with van der Waals surface area (Å²) in [5.41, 5.74) is 1.09. The average molecular weight is 325 g/mol. The Labute approximate surface area is 140 Å². The number of benzene rings is 2. The lowest BCUT2D eigenvalue weighted by Gasteiger charge is -2.30. The van der Waals surface area contributed by atoms with Gasteiger partial charge in [-0.2, -0.15) is 0 Å². The van der Waals surface area contributed by atoms with Crippen molar-refractivity contribution in [3.8, 4) is 0 Å². The first-order valence-electron chi connectivity index (χ1n) is 7.93. The second-order valence-electron chi connectivity index (χ2n) is 5.50. The Morgan fingerprint density at radius 3 is 2.12 bits per heavy atom. The van der Waals surface area contributed by atoms with Gasteiger partial charge in [-0.3, -0.25) is 4.79 Å². The van der Waals surface area contributed by atoms with Gasteiger partial charge in [-0.15, -0.1) is 0 Å². The lowest BCUT2D eigenvalue weighted by atomic mass is 10.1. The van der Waals surface area contributed by atoms with Crippen molar-refractivity contribution < 1.29 is 19.1 Å². The monoisotopic (exact) mass is 325 g/mol. The Morgan fingerprint density at radius 1 is 0.917 bits per heavy atom. The van der Waals surface area contributed by atoms with Crippen molar-refractivity contribution in [2.24, 2.45) is 0 Å². The van der Waals surface area contributed by atoms with Crippen LogP contribution in [0.4, 0.5) is 0 Å². The zero-order valence-corrected chi connectivity index (χ0v) is 13.3. The van der Waals surface area contributed by atoms with Gasteiger partial charge in [0, 0.05) is 18.7 Å². The molecule has 0 aliphatic carbocycles. The molecular weight excluding hydrogens is 306 g/mol. The van der Waals surface area contributed by atoms with Crippen molar-refractivity contribution in [3.05, 3.63) is 71.8 Å². The molecule has 1 unspecified atom stereocenters. The standard InChI is InChI=1S/C19H19NO4/c21-18(20-11-13-23-14-12-20)17(15-7-3-1-4-8-15)24-19(22)16-9-5-2-6-10-16/h1-10,17H,11-14H2. The van der Waals surface area contributed by atoms with Crippen molar-refractivity contribution >= 4 is 11.9 Å². The van der Waals surface area contributed by atoms with Crippen molar-refractivity contribution in [1.82, 2.24) is 4.90 Å². The molecule has 0 aromatic heterocycles. The minimum atomic E-state index is -0.947. The fourth-order valence-corrected chi connectivity index (χ4v) is 2.59. The summed E-state index contributed by atoms with van der Waals surface area (Å²) >= 11 is 0. The molecular formula is C19H19NO4. The van der Waals surface area contributed by atoms with Crippen LogP contribution in [0, 0.1) is 0 Å². The van der Waals surface area contributed by atoms with E-state index in [2.05, 4.69) is 0 Å². The molecule has 2 aromatic rings. The number of carbonyl (C=O) groups is 2. The molecule has 1 saturated heterocycles. The maximum Gasteiger partial charge on any atom is 0.339 e. The number of esters is 1. The molecule has 2 aromatic carbocycles. The fraction of sp³-hybridized carbons (Fsp3) is 0.263. The van der Waals surface area contributed by atoms with E-state index in [1.807, 2.05) is 24.3 Å². The average Bonchev–Trinajstić information content (AvgIpc) is 2.67. The van der Waals surface area contributed by atoms with Gasteiger partial charge in [0.25, 0.3) is 5.91 Å². The molecule has 0 radical (unpaired) electrons. The molecule has 0 spiro atoms. The van der Waals surface area contributed by atoms with Gasteiger partial charge in [0.2, 0.25) is 6.10 Å². The third-order valence-corrected chi connectivity index (χ3v) is 3.88. The van der Waals surface area contributed by atoms with Crippen LogP contribution < -0.4 is 0 Å². The summed E-state index contributed by atoms with van der Waals surface area (Å²) < 4.78 is 10.9. The van der Waals surface area contributed by atoms with Gasteiger partial charge in [0.1, 0.15) is 0 Å². The summed E-state index contributed by atoms with van der Waals surface area (Å²) in [7, 11) is 0. The van der Waals surface area contributed by atoms with E-state index in [4.69, 9.17) is 9.47 Å². The lowest BCUT2D eigenvalue weighted by molar-refractivity contribution is -0.145. The zero-order valence-electron chi connectivity index (χ0n) is 13.3. The van der Waals surface area contributed by atoms with Crippen LogP contribution in [0.15, 0.2) is 60.7 Å². The van der Waals surface area contributed by atoms with Gasteiger partial charge in [-0.25, -0.2) is 4.79 Å². The van der Waals surface area contributed by atoms with E-state index in [1.165, 1.54) is 0 Å². The second kappa shape index (κ2) is 7.75. The van der Waals surface area contributed by atoms with Gasteiger partial charge in [0.15, 0.2) is 0 Å². The van der Waals surface area contributed by atoms with E-state index in [0.29, 0.717) is 37.4 Å². The van der Waals surface area contributed by atoms with Crippen molar-refractivity contribution in [3.63, 3.8) is 0 Å². The maximum atomic E-state index is 12.9. The van der Waals surface area contributed by atoms with Crippen LogP contribution in [0.3, 0.4) is 0 Å². The van der Waals surface area contributed by atoms with Crippen LogP contribution in [0.1, 0.15) is 22.0 Å². The first kappa shape index (κ1) is 16.2. The van der Waals surface area contributed by atoms with E-state index in [9.17, 15) is 9.59 Å². The fourth-order valence-electron chi connectivity index (χ4n) is 2.59. The molecule has 1 heterocycles. The smallest absolute Gasteiger partial charge is 0.339 e. The number of hydrogen-bond acceptors (Lipinski definition) is 4. The van der Waals surface area contributed by atoms with Crippen LogP contribution >= 0.6 is 0 Å². The van der Waals surface area contributed by atoms with Gasteiger partial charge >= 0.3 is 5.97 Å². The van der Waals surface area contributed by atoms with Gasteiger partial charge in [0.05, 0.1) is 18.8 Å². The van der Waals surface area contributed by atoms with Gasteiger partial charge in [-0.05, 0) is 12.1 Å². The number of nitrogens with zero attached hydrogens (tertiary/aromatic N) is 1. The molecule has 1 aliphatic heterocycles. The third kappa shape index (κ3) is 3.81. The first-order valence-corrected chi connectivity index (χ1v) is 7.93. The first-order chi connectivity index (χ1) is 11.8. The summed E-state index contributed by atoms with van der Waals surface area (Å²) in [4.78, 5) is 26.9. The zero-order chi connectivity index (χ0) is 16.8. The highest BCUT2D eigenvalue weighted by Crippen LogP contribution is 2.22. The molecule has 5 heteroatoms. The molecule has 0 bridgehead atoms. The molecule has 124 valence electrons. The van der Waals surface area contributed by atoms with E-state index < -0.39 is 12.1 Å². The van der Waals surface area contributed by atoms with Crippen LogP contribution in [-0.2, 0) is 14.3 Å². The number of hydrogen-bond donors (Lipinski definition) is 0. The van der Waals surface area contributed by atoms with E-state index in [0.717, 1.165) is 0 Å². The van der Waals surface area contributed by atoms with Gasteiger partial charge < -0.3 is 14.4 Å². The summed E-state index contributed by atoms with van der Waals surface area (Å²) in [5.74, 6) is -0.722. The highest BCUT2D eigenvalue weighted by atomic mass is 16.5. The SMILES string of the molecule is O=C(OC(C(=O)N1CCOCC1)c1ccccc1)c1ccccc1. The molecule has 1 amide bonds. The van der Waals surface area contributed by atoms with E-state index in [1.54, 1.807) is 41.3 Å². The van der Waals surface area contributed by atoms with Gasteiger partial charge in [-0.1, -0.05) is 48.5 Å². The summed E-state index contributed by atoms with van der Waals surface area (Å²) in [5, 5.41) is 0. The number of morpholine rings is 1. The number of carbonyl (C=O) groups excluding carboxylic acids is 2. The Morgan fingerprint density at radius 2 is 1.50 bits per heavy atom. The molecule has 0 saturated carbocycles. The quantitative estimate of drug-likeness (QED) is 0.810. The lowest BCUT2D eigenvalue weighted by Crippen LogP contribution is -2.44. The maximum absolute atomic E-state index is 12.9. The van der Waals surface area contributed by atoms with Crippen molar-refractivity contribution in [2.75, 3.05) is 26.3 Å². The van der Waals surface area contributed by atoms with Crippen LogP contribution in [0.25, 0.3) is 0 Å². The topological polar surface area (TPSA) is 55.8 Å². The van der Waals surface area contributed by atoms with E-state index in [-0.39, 0.29) is 5.91 Å². The Balaban J connectivity index is 1.82. The summed E-state index contributed by atoms with van der Waals surface area (Å²) in [6, 6.07) is 17.8. The van der Waals surface area contributed by atoms with Crippen LogP contribution in [-0.4, -0.2) is 43.1 Å². The second-order valence-corrected chi connectivity index (χ2v) is 5.50. The minimum Gasteiger partial charge on any atom is -0.444 e. The largest absolute Gasteiger partial charge is 0.444 e. The Kier molecular flexibility index (Phi) is 5.23. The summed E-state index contributed by atoms with van der Waals surface area (Å²) in [6.07, 6.45) is -0.947. The predicted molar refractivity (Wildman–Crippen MR) is 88.4 cm³/mol. The Bertz CT molecular complexity index is 681. The van der Waals surface area contributed by atoms with E-state index >= 15 is 0 Å². The molecule has 24 heavy (non-hydrogen) atoms. The van der Waals surface area contributed by atoms with Crippen molar-refractivity contribution in [2.45, 2.75) is 6.10 Å². The molecule has 3 rings (SSSR count). The molecule has 5 nitrogen and oxygen atoms in total. The number of rotatable bonds is 4. The third-order valence-electron chi connectivity index (χ3n) is 3.88. The highest BCUT2D eigenvalue weighted by molar-refractivity contribution is 5.92. The molecule has 1 aliphatic rings. The molecule has 1 atom stereocenters. The minimum absolute atomic E-state index is 0.214. The van der Waals surface area contributed by atoms with Crippen molar-refractivity contribution in [1.29, 1.82) is 0 Å². The normalized spacial score (nSPS) is 15.6. The Hall–Kier alpha value is -2.66. The highest BCUT2D eigenvalue weighted by Gasteiger charge is 2.30. The molecule has 0 N–H and O–H groups in total. The number of ether oxygens (including phenoxy) is 2. The predicted octanol–water partition coefficient (Wildman–Crippen LogP) is 2.44.